The largest absolute Gasteiger partial charge is 0.486 e. The summed E-state index contributed by atoms with van der Waals surface area (Å²) in [6, 6.07) is 9.25. The van der Waals surface area contributed by atoms with Gasteiger partial charge in [0, 0.05) is 20.2 Å². The lowest BCUT2D eigenvalue weighted by Gasteiger charge is -2.39. The number of rotatable bonds is 4. The Morgan fingerprint density at radius 2 is 2.08 bits per heavy atom. The summed E-state index contributed by atoms with van der Waals surface area (Å²) >= 11 is 0. The van der Waals surface area contributed by atoms with Gasteiger partial charge < -0.3 is 14.2 Å². The third-order valence-electron chi connectivity index (χ3n) is 4.12. The van der Waals surface area contributed by atoms with Crippen LogP contribution < -0.4 is 4.74 Å². The van der Waals surface area contributed by atoms with Crippen LogP contribution in [0.2, 0.25) is 0 Å². The van der Waals surface area contributed by atoms with Gasteiger partial charge in [-0.15, -0.1) is 0 Å². The molecule has 2 aromatic heterocycles. The molecular weight excluding hydrogens is 322 g/mol. The van der Waals surface area contributed by atoms with Crippen molar-refractivity contribution in [2.45, 2.75) is 13.0 Å². The molecule has 3 aromatic rings. The van der Waals surface area contributed by atoms with Crippen LogP contribution in [0.25, 0.3) is 11.4 Å². The highest BCUT2D eigenvalue weighted by atomic mass is 16.5. The van der Waals surface area contributed by atoms with Crippen molar-refractivity contribution in [1.29, 1.82) is 0 Å². The highest BCUT2D eigenvalue weighted by Crippen LogP contribution is 2.30. The van der Waals surface area contributed by atoms with Crippen LogP contribution in [0.4, 0.5) is 0 Å². The fourth-order valence-electron chi connectivity index (χ4n) is 2.77. The molecule has 8 nitrogen and oxygen atoms in total. The number of para-hydroxylation sites is 1. The number of ether oxygens (including phenoxy) is 1. The predicted octanol–water partition coefficient (Wildman–Crippen LogP) is 1.68. The second kappa shape index (κ2) is 6.04. The molecule has 128 valence electrons. The number of amides is 1. The summed E-state index contributed by atoms with van der Waals surface area (Å²) in [5.41, 5.74) is 1.34. The topological polar surface area (TPSA) is 86.3 Å². The normalized spacial score (nSPS) is 14.4. The Kier molecular flexibility index (Phi) is 3.72. The first-order valence-corrected chi connectivity index (χ1v) is 7.95. The van der Waals surface area contributed by atoms with Crippen molar-refractivity contribution >= 4 is 5.91 Å². The first-order valence-electron chi connectivity index (χ1n) is 7.95. The minimum absolute atomic E-state index is 0.0399. The van der Waals surface area contributed by atoms with Crippen LogP contribution in [0.5, 0.6) is 5.75 Å². The number of likely N-dealkylation sites (tertiary alicyclic amines) is 1. The summed E-state index contributed by atoms with van der Waals surface area (Å²) in [5.74, 6) is 1.64. The quantitative estimate of drug-likeness (QED) is 0.719. The van der Waals surface area contributed by atoms with E-state index in [0.29, 0.717) is 36.2 Å². The molecule has 25 heavy (non-hydrogen) atoms. The van der Waals surface area contributed by atoms with E-state index in [1.165, 1.54) is 0 Å². The molecule has 1 aliphatic rings. The molecular formula is C17H17N5O3. The molecule has 0 atom stereocenters. The molecule has 1 amide bonds. The summed E-state index contributed by atoms with van der Waals surface area (Å²) in [6.07, 6.45) is 1.55. The number of nitrogens with zero attached hydrogens (tertiary/aromatic N) is 5. The molecule has 0 aliphatic carbocycles. The van der Waals surface area contributed by atoms with Gasteiger partial charge >= 0.3 is 0 Å². The Morgan fingerprint density at radius 3 is 2.76 bits per heavy atom. The third-order valence-corrected chi connectivity index (χ3v) is 4.12. The van der Waals surface area contributed by atoms with Gasteiger partial charge in [0.2, 0.25) is 11.7 Å². The lowest BCUT2D eigenvalue weighted by Crippen LogP contribution is -2.56. The van der Waals surface area contributed by atoms with E-state index in [2.05, 4.69) is 15.2 Å². The first kappa shape index (κ1) is 15.4. The lowest BCUT2D eigenvalue weighted by atomic mass is 10.1. The summed E-state index contributed by atoms with van der Waals surface area (Å²) in [5, 5.41) is 7.97. The highest BCUT2D eigenvalue weighted by Gasteiger charge is 2.34. The fourth-order valence-corrected chi connectivity index (χ4v) is 2.77. The molecule has 0 bridgehead atoms. The monoisotopic (exact) mass is 339 g/mol. The molecule has 8 heteroatoms. The van der Waals surface area contributed by atoms with Crippen molar-refractivity contribution in [3.05, 3.63) is 48.1 Å². The van der Waals surface area contributed by atoms with E-state index in [0.717, 1.165) is 5.56 Å². The van der Waals surface area contributed by atoms with E-state index in [1.807, 2.05) is 24.3 Å². The molecule has 0 saturated carbocycles. The van der Waals surface area contributed by atoms with E-state index >= 15 is 0 Å². The van der Waals surface area contributed by atoms with Gasteiger partial charge in [-0.2, -0.15) is 10.1 Å². The average molecular weight is 339 g/mol. The number of hydrogen-bond donors (Lipinski definition) is 0. The van der Waals surface area contributed by atoms with E-state index in [4.69, 9.17) is 9.26 Å². The summed E-state index contributed by atoms with van der Waals surface area (Å²) < 4.78 is 12.7. The van der Waals surface area contributed by atoms with Crippen LogP contribution in [0.3, 0.4) is 0 Å². The fraction of sp³-hybridized carbons (Fsp3) is 0.294. The zero-order valence-corrected chi connectivity index (χ0v) is 13.9. The Morgan fingerprint density at radius 1 is 1.28 bits per heavy atom. The van der Waals surface area contributed by atoms with Crippen molar-refractivity contribution in [2.75, 3.05) is 13.1 Å². The Hall–Kier alpha value is -3.16. The second-order valence-electron chi connectivity index (χ2n) is 5.92. The lowest BCUT2D eigenvalue weighted by molar-refractivity contribution is 0.0172. The first-order chi connectivity index (χ1) is 12.1. The van der Waals surface area contributed by atoms with Crippen molar-refractivity contribution in [3.8, 4) is 17.1 Å². The van der Waals surface area contributed by atoms with Gasteiger partial charge in [-0.1, -0.05) is 17.3 Å². The molecule has 3 heterocycles. The van der Waals surface area contributed by atoms with E-state index in [9.17, 15) is 4.79 Å². The molecule has 1 fully saturated rings. The number of carbonyl (C=O) groups excluding carboxylic acids is 1. The molecule has 1 aliphatic heterocycles. The van der Waals surface area contributed by atoms with Crippen molar-refractivity contribution < 1.29 is 14.1 Å². The van der Waals surface area contributed by atoms with E-state index in [-0.39, 0.29) is 12.0 Å². The predicted molar refractivity (Wildman–Crippen MR) is 88.0 cm³/mol. The molecule has 0 unspecified atom stereocenters. The van der Waals surface area contributed by atoms with Crippen molar-refractivity contribution in [3.63, 3.8) is 0 Å². The number of hydrogen-bond acceptors (Lipinski definition) is 6. The van der Waals surface area contributed by atoms with Crippen LogP contribution in [0.1, 0.15) is 16.4 Å². The van der Waals surface area contributed by atoms with Gasteiger partial charge in [0.05, 0.1) is 18.7 Å². The SMILES string of the molecule is Cc1nc(-c2ccccc2OC2CN(C(=O)c3ccnn3C)C2)no1. The number of benzene rings is 1. The van der Waals surface area contributed by atoms with E-state index in [1.54, 1.807) is 35.8 Å². The van der Waals surface area contributed by atoms with Gasteiger partial charge in [-0.25, -0.2) is 0 Å². The number of aryl methyl sites for hydroxylation is 2. The average Bonchev–Trinajstić information content (AvgIpc) is 3.18. The van der Waals surface area contributed by atoms with Gasteiger partial charge in [-0.3, -0.25) is 9.48 Å². The van der Waals surface area contributed by atoms with E-state index < -0.39 is 0 Å². The second-order valence-corrected chi connectivity index (χ2v) is 5.92. The van der Waals surface area contributed by atoms with Gasteiger partial charge in [0.25, 0.3) is 5.91 Å². The van der Waals surface area contributed by atoms with Crippen LogP contribution in [-0.4, -0.2) is 49.9 Å². The third kappa shape index (κ3) is 2.86. The van der Waals surface area contributed by atoms with Gasteiger partial charge in [-0.05, 0) is 18.2 Å². The standard InChI is InChI=1S/C17H17N5O3/c1-11-19-16(20-25-11)13-5-3-4-6-15(13)24-12-9-22(10-12)17(23)14-7-8-18-21(14)2/h3-8,12H,9-10H2,1-2H3. The maximum atomic E-state index is 12.4. The van der Waals surface area contributed by atoms with Crippen molar-refractivity contribution in [2.24, 2.45) is 7.05 Å². The highest BCUT2D eigenvalue weighted by molar-refractivity contribution is 5.93. The summed E-state index contributed by atoms with van der Waals surface area (Å²) in [7, 11) is 1.75. The maximum Gasteiger partial charge on any atom is 0.272 e. The van der Waals surface area contributed by atoms with Crippen LogP contribution >= 0.6 is 0 Å². The summed E-state index contributed by atoms with van der Waals surface area (Å²) in [4.78, 5) is 18.4. The number of aromatic nitrogens is 4. The van der Waals surface area contributed by atoms with Crippen LogP contribution in [0.15, 0.2) is 41.1 Å². The molecule has 1 aromatic carbocycles. The van der Waals surface area contributed by atoms with Gasteiger partial charge in [0.1, 0.15) is 17.5 Å². The number of carbonyl (C=O) groups is 1. The van der Waals surface area contributed by atoms with Crippen LogP contribution in [-0.2, 0) is 7.05 Å². The van der Waals surface area contributed by atoms with Gasteiger partial charge in [0.15, 0.2) is 0 Å². The minimum atomic E-state index is -0.0636. The summed E-state index contributed by atoms with van der Waals surface area (Å²) in [6.45, 7) is 2.81. The Labute approximate surface area is 144 Å². The smallest absolute Gasteiger partial charge is 0.272 e. The maximum absolute atomic E-state index is 12.4. The Balaban J connectivity index is 1.44. The zero-order chi connectivity index (χ0) is 17.4. The molecule has 0 N–H and O–H groups in total. The molecule has 0 radical (unpaired) electrons. The van der Waals surface area contributed by atoms with Crippen molar-refractivity contribution in [1.82, 2.24) is 24.8 Å². The molecule has 0 spiro atoms. The zero-order valence-electron chi connectivity index (χ0n) is 13.9. The molecule has 1 saturated heterocycles. The molecule has 4 rings (SSSR count). The minimum Gasteiger partial charge on any atom is -0.486 e. The van der Waals surface area contributed by atoms with Crippen LogP contribution in [0, 0.1) is 6.92 Å². The Bertz CT molecular complexity index is 910.